The Labute approximate surface area is 190 Å². The quantitative estimate of drug-likeness (QED) is 0.643. The number of carbonyl (C=O) groups excluding carboxylic acids is 1. The highest BCUT2D eigenvalue weighted by atomic mass is 35.5. The lowest BCUT2D eigenvalue weighted by atomic mass is 10.2. The van der Waals surface area contributed by atoms with Gasteiger partial charge in [0.2, 0.25) is 10.0 Å². The predicted molar refractivity (Wildman–Crippen MR) is 115 cm³/mol. The number of hydrogen-bond donors (Lipinski definition) is 1. The van der Waals surface area contributed by atoms with E-state index >= 15 is 0 Å². The molecule has 7 nitrogen and oxygen atoms in total. The van der Waals surface area contributed by atoms with Crippen LogP contribution in [0.4, 0.5) is 4.39 Å². The van der Waals surface area contributed by atoms with Crippen LogP contribution in [0.2, 0.25) is 10.0 Å². The third-order valence-electron chi connectivity index (χ3n) is 4.56. The van der Waals surface area contributed by atoms with E-state index in [2.05, 4.69) is 5.32 Å². The molecule has 11 heteroatoms. The molecule has 31 heavy (non-hydrogen) atoms. The van der Waals surface area contributed by atoms with Crippen LogP contribution in [-0.4, -0.2) is 57.6 Å². The minimum absolute atomic E-state index is 0.00316. The van der Waals surface area contributed by atoms with Gasteiger partial charge >= 0.3 is 0 Å². The molecule has 1 saturated heterocycles. The maximum absolute atomic E-state index is 13.7. The molecular formula is C20H21Cl2FN2O5S. The number of ether oxygens (including phenoxy) is 2. The van der Waals surface area contributed by atoms with Gasteiger partial charge in [0.05, 0.1) is 34.9 Å². The second-order valence-corrected chi connectivity index (χ2v) is 9.62. The van der Waals surface area contributed by atoms with E-state index in [0.717, 1.165) is 6.07 Å². The highest BCUT2D eigenvalue weighted by Gasteiger charge is 2.30. The van der Waals surface area contributed by atoms with Gasteiger partial charge in [-0.05, 0) is 31.2 Å². The third-order valence-corrected chi connectivity index (χ3v) is 7.23. The number of carbonyl (C=O) groups is 1. The summed E-state index contributed by atoms with van der Waals surface area (Å²) in [6.07, 6.45) is 0. The van der Waals surface area contributed by atoms with Gasteiger partial charge in [0, 0.05) is 13.1 Å². The molecule has 168 valence electrons. The number of benzene rings is 2. The Morgan fingerprint density at radius 2 is 1.90 bits per heavy atom. The fraction of sp³-hybridized carbons (Fsp3) is 0.350. The van der Waals surface area contributed by atoms with Crippen molar-refractivity contribution in [1.82, 2.24) is 9.62 Å². The Hall–Kier alpha value is -1.91. The fourth-order valence-corrected chi connectivity index (χ4v) is 5.19. The lowest BCUT2D eigenvalue weighted by molar-refractivity contribution is 0.0730. The monoisotopic (exact) mass is 490 g/mol. The predicted octanol–water partition coefficient (Wildman–Crippen LogP) is 3.35. The first-order valence-electron chi connectivity index (χ1n) is 9.45. The van der Waals surface area contributed by atoms with Crippen LogP contribution < -0.4 is 10.1 Å². The number of sulfonamides is 1. The Bertz CT molecular complexity index is 1060. The van der Waals surface area contributed by atoms with Crippen molar-refractivity contribution in [1.29, 1.82) is 0 Å². The van der Waals surface area contributed by atoms with Crippen LogP contribution in [0.5, 0.6) is 5.75 Å². The second-order valence-electron chi connectivity index (χ2n) is 6.89. The maximum atomic E-state index is 13.7. The van der Waals surface area contributed by atoms with Crippen molar-refractivity contribution in [2.24, 2.45) is 0 Å². The number of hydrogen-bond acceptors (Lipinski definition) is 5. The van der Waals surface area contributed by atoms with E-state index in [4.69, 9.17) is 32.7 Å². The molecule has 1 unspecified atom stereocenters. The second kappa shape index (κ2) is 10.1. The summed E-state index contributed by atoms with van der Waals surface area (Å²) < 4.78 is 51.4. The average Bonchev–Trinajstić information content (AvgIpc) is 2.73. The van der Waals surface area contributed by atoms with Crippen molar-refractivity contribution in [3.8, 4) is 5.75 Å². The molecule has 2 aromatic carbocycles. The molecule has 1 N–H and O–H groups in total. The van der Waals surface area contributed by atoms with Crippen LogP contribution in [0.1, 0.15) is 17.3 Å². The topological polar surface area (TPSA) is 84.9 Å². The van der Waals surface area contributed by atoms with Crippen LogP contribution in [-0.2, 0) is 14.8 Å². The number of halogens is 3. The van der Waals surface area contributed by atoms with Crippen molar-refractivity contribution < 1.29 is 27.1 Å². The van der Waals surface area contributed by atoms with E-state index < -0.39 is 27.8 Å². The van der Waals surface area contributed by atoms with Crippen LogP contribution in [0, 0.1) is 5.82 Å². The van der Waals surface area contributed by atoms with E-state index in [9.17, 15) is 17.6 Å². The van der Waals surface area contributed by atoms with Gasteiger partial charge in [-0.3, -0.25) is 4.79 Å². The Morgan fingerprint density at radius 3 is 2.58 bits per heavy atom. The highest BCUT2D eigenvalue weighted by Crippen LogP contribution is 2.31. The fourth-order valence-electron chi connectivity index (χ4n) is 2.95. The molecule has 0 spiro atoms. The van der Waals surface area contributed by atoms with E-state index in [1.54, 1.807) is 19.1 Å². The van der Waals surface area contributed by atoms with Crippen molar-refractivity contribution >= 4 is 39.1 Å². The number of nitrogens with zero attached hydrogens (tertiary/aromatic N) is 1. The lowest BCUT2D eigenvalue weighted by Crippen LogP contribution is -2.41. The van der Waals surface area contributed by atoms with Crippen molar-refractivity contribution in [3.05, 3.63) is 57.8 Å². The van der Waals surface area contributed by atoms with Gasteiger partial charge in [-0.15, -0.1) is 0 Å². The first-order chi connectivity index (χ1) is 14.7. The number of amides is 1. The molecule has 1 aliphatic heterocycles. The summed E-state index contributed by atoms with van der Waals surface area (Å²) in [5.74, 6) is -1.06. The van der Waals surface area contributed by atoms with Gasteiger partial charge in [-0.2, -0.15) is 4.31 Å². The standard InChI is InChI=1S/C20H21Cl2FN2O5S/c1-13(12-30-18-5-3-2-4-17(18)23)24-20(26)14-10-19(16(22)11-15(14)21)31(27,28)25-6-8-29-9-7-25/h2-5,10-11,13H,6-9,12H2,1H3,(H,24,26). The largest absolute Gasteiger partial charge is 0.488 e. The summed E-state index contributed by atoms with van der Waals surface area (Å²) in [6, 6.07) is 7.79. The molecule has 1 fully saturated rings. The Balaban J connectivity index is 1.75. The van der Waals surface area contributed by atoms with E-state index in [0.29, 0.717) is 0 Å². The average molecular weight is 491 g/mol. The highest BCUT2D eigenvalue weighted by molar-refractivity contribution is 7.89. The Kier molecular flexibility index (Phi) is 7.77. The zero-order valence-electron chi connectivity index (χ0n) is 16.6. The maximum Gasteiger partial charge on any atom is 0.253 e. The summed E-state index contributed by atoms with van der Waals surface area (Å²) in [5.41, 5.74) is -0.0457. The zero-order chi connectivity index (χ0) is 22.6. The first kappa shape index (κ1) is 23.7. The molecule has 3 rings (SSSR count). The van der Waals surface area contributed by atoms with E-state index in [1.807, 2.05) is 0 Å². The summed E-state index contributed by atoms with van der Waals surface area (Å²) >= 11 is 12.3. The van der Waals surface area contributed by atoms with Gasteiger partial charge < -0.3 is 14.8 Å². The minimum Gasteiger partial charge on any atom is -0.488 e. The van der Waals surface area contributed by atoms with Gasteiger partial charge in [-0.1, -0.05) is 35.3 Å². The summed E-state index contributed by atoms with van der Waals surface area (Å²) in [4.78, 5) is 12.5. The summed E-state index contributed by atoms with van der Waals surface area (Å²) in [5, 5.41) is 2.59. The lowest BCUT2D eigenvalue weighted by Gasteiger charge is -2.26. The molecule has 0 aliphatic carbocycles. The van der Waals surface area contributed by atoms with Gasteiger partial charge in [0.1, 0.15) is 11.5 Å². The number of morpholine rings is 1. The van der Waals surface area contributed by atoms with Crippen molar-refractivity contribution in [2.75, 3.05) is 32.9 Å². The minimum atomic E-state index is -3.93. The molecule has 1 atom stereocenters. The molecular weight excluding hydrogens is 470 g/mol. The SMILES string of the molecule is CC(COc1ccccc1F)NC(=O)c1cc(S(=O)(=O)N2CCOCC2)c(Cl)cc1Cl. The first-order valence-corrected chi connectivity index (χ1v) is 11.6. The molecule has 0 aromatic heterocycles. The van der Waals surface area contributed by atoms with Crippen LogP contribution in [0.25, 0.3) is 0 Å². The summed E-state index contributed by atoms with van der Waals surface area (Å²) in [7, 11) is -3.93. The number of para-hydroxylation sites is 1. The van der Waals surface area contributed by atoms with Crippen molar-refractivity contribution in [3.63, 3.8) is 0 Å². The molecule has 0 bridgehead atoms. The number of rotatable bonds is 7. The van der Waals surface area contributed by atoms with Gasteiger partial charge in [0.25, 0.3) is 5.91 Å². The van der Waals surface area contributed by atoms with Gasteiger partial charge in [-0.25, -0.2) is 12.8 Å². The van der Waals surface area contributed by atoms with E-state index in [-0.39, 0.29) is 59.2 Å². The molecule has 1 amide bonds. The molecule has 1 aliphatic rings. The van der Waals surface area contributed by atoms with Gasteiger partial charge in [0.15, 0.2) is 11.6 Å². The number of nitrogens with one attached hydrogen (secondary N) is 1. The molecule has 0 radical (unpaired) electrons. The molecule has 1 heterocycles. The van der Waals surface area contributed by atoms with Crippen LogP contribution in [0.3, 0.4) is 0 Å². The van der Waals surface area contributed by atoms with Crippen molar-refractivity contribution in [2.45, 2.75) is 17.9 Å². The van der Waals surface area contributed by atoms with Crippen LogP contribution in [0.15, 0.2) is 41.3 Å². The zero-order valence-corrected chi connectivity index (χ0v) is 18.9. The van der Waals surface area contributed by atoms with Crippen LogP contribution >= 0.6 is 23.2 Å². The summed E-state index contributed by atoms with van der Waals surface area (Å²) in [6.45, 7) is 2.58. The molecule has 0 saturated carbocycles. The molecule has 2 aromatic rings. The Morgan fingerprint density at radius 1 is 1.23 bits per heavy atom. The third kappa shape index (κ3) is 5.67. The smallest absolute Gasteiger partial charge is 0.253 e. The normalized spacial score (nSPS) is 16.0. The van der Waals surface area contributed by atoms with E-state index in [1.165, 1.54) is 22.5 Å².